The maximum absolute atomic E-state index is 4.80. The molecular formula is C7H17NSSi. The molecule has 0 fully saturated rings. The maximum Gasteiger partial charge on any atom is 0.152 e. The fourth-order valence-corrected chi connectivity index (χ4v) is 4.29. The summed E-state index contributed by atoms with van der Waals surface area (Å²) in [6.45, 7) is 6.77. The molecule has 0 amide bonds. The van der Waals surface area contributed by atoms with Crippen molar-refractivity contribution < 1.29 is 0 Å². The van der Waals surface area contributed by atoms with E-state index in [4.69, 9.17) is 12.2 Å². The molecule has 1 N–H and O–H groups in total. The van der Waals surface area contributed by atoms with E-state index in [9.17, 15) is 0 Å². The molecule has 0 aliphatic rings. The molecule has 0 saturated carbocycles. The summed E-state index contributed by atoms with van der Waals surface area (Å²) in [5.74, 6) is 0. The van der Waals surface area contributed by atoms with E-state index in [0.717, 1.165) is 0 Å². The molecule has 3 heteroatoms. The minimum Gasteiger partial charge on any atom is -0.407 e. The van der Waals surface area contributed by atoms with Crippen LogP contribution in [0.3, 0.4) is 0 Å². The third-order valence-corrected chi connectivity index (χ3v) is 7.54. The standard InChI is InChI=1S/C7H17NSSi/c1-4-10(5-2,6-3)8-7-9/h7H,4-6H2,1-3H3,(H,8,9). The Morgan fingerprint density at radius 1 is 1.20 bits per heavy atom. The van der Waals surface area contributed by atoms with Crippen molar-refractivity contribution in [2.45, 2.75) is 38.9 Å². The molecule has 0 aromatic rings. The highest BCUT2D eigenvalue weighted by Crippen LogP contribution is 2.15. The Morgan fingerprint density at radius 2 is 1.60 bits per heavy atom. The van der Waals surface area contributed by atoms with Crippen LogP contribution in [0.2, 0.25) is 18.1 Å². The molecule has 0 unspecified atom stereocenters. The van der Waals surface area contributed by atoms with Crippen molar-refractivity contribution in [3.8, 4) is 0 Å². The first-order chi connectivity index (χ1) is 4.74. The second-order valence-corrected chi connectivity index (χ2v) is 7.81. The molecule has 10 heavy (non-hydrogen) atoms. The summed E-state index contributed by atoms with van der Waals surface area (Å²) in [6, 6.07) is 3.85. The lowest BCUT2D eigenvalue weighted by Gasteiger charge is -2.27. The Bertz CT molecular complexity index is 93.5. The predicted molar refractivity (Wildman–Crippen MR) is 54.0 cm³/mol. The largest absolute Gasteiger partial charge is 0.407 e. The van der Waals surface area contributed by atoms with Gasteiger partial charge in [-0.2, -0.15) is 0 Å². The molecule has 0 saturated heterocycles. The second kappa shape index (κ2) is 4.85. The summed E-state index contributed by atoms with van der Waals surface area (Å²) in [6.07, 6.45) is 0. The van der Waals surface area contributed by atoms with Gasteiger partial charge in [0.2, 0.25) is 0 Å². The smallest absolute Gasteiger partial charge is 0.152 e. The van der Waals surface area contributed by atoms with Gasteiger partial charge in [0.1, 0.15) is 0 Å². The van der Waals surface area contributed by atoms with Gasteiger partial charge >= 0.3 is 0 Å². The van der Waals surface area contributed by atoms with Crippen molar-refractivity contribution in [2.75, 3.05) is 0 Å². The fraction of sp³-hybridized carbons (Fsp3) is 0.857. The normalized spacial score (nSPS) is 11.1. The zero-order chi connectivity index (χ0) is 8.04. The summed E-state index contributed by atoms with van der Waals surface area (Å²) < 4.78 is 0. The summed E-state index contributed by atoms with van der Waals surface area (Å²) in [4.78, 5) is 3.37. The first-order valence-electron chi connectivity index (χ1n) is 3.96. The van der Waals surface area contributed by atoms with Gasteiger partial charge in [-0.3, -0.25) is 0 Å². The number of hydrogen-bond donors (Lipinski definition) is 1. The molecule has 0 atom stereocenters. The maximum atomic E-state index is 4.80. The van der Waals surface area contributed by atoms with Crippen molar-refractivity contribution in [3.05, 3.63) is 0 Å². The molecule has 0 spiro atoms. The molecule has 1 nitrogen and oxygen atoms in total. The zero-order valence-electron chi connectivity index (χ0n) is 7.11. The van der Waals surface area contributed by atoms with Gasteiger partial charge in [0.25, 0.3) is 0 Å². The van der Waals surface area contributed by atoms with Gasteiger partial charge < -0.3 is 4.98 Å². The van der Waals surface area contributed by atoms with Gasteiger partial charge in [-0.1, -0.05) is 33.0 Å². The molecule has 0 aromatic heterocycles. The molecule has 0 rings (SSSR count). The molecular weight excluding hydrogens is 158 g/mol. The number of hydrogen-bond acceptors (Lipinski definition) is 1. The van der Waals surface area contributed by atoms with Gasteiger partial charge in [0, 0.05) is 0 Å². The molecule has 0 heterocycles. The first kappa shape index (κ1) is 10.1. The SMILES string of the molecule is CC[Si](CC)(CC)NC=S. The van der Waals surface area contributed by atoms with Crippen molar-refractivity contribution >= 4 is 25.9 Å². The Morgan fingerprint density at radius 3 is 1.70 bits per heavy atom. The minimum atomic E-state index is -1.13. The topological polar surface area (TPSA) is 12.0 Å². The van der Waals surface area contributed by atoms with Crippen LogP contribution in [-0.2, 0) is 0 Å². The van der Waals surface area contributed by atoms with Crippen molar-refractivity contribution in [1.82, 2.24) is 4.98 Å². The highest BCUT2D eigenvalue weighted by Gasteiger charge is 2.25. The molecule has 0 aliphatic carbocycles. The van der Waals surface area contributed by atoms with Gasteiger partial charge in [0.15, 0.2) is 8.24 Å². The van der Waals surface area contributed by atoms with Crippen LogP contribution in [-0.4, -0.2) is 13.7 Å². The average Bonchev–Trinajstić information content (AvgIpc) is 2.01. The average molecular weight is 175 g/mol. The molecule has 0 aromatic carbocycles. The minimum absolute atomic E-state index is 1.13. The van der Waals surface area contributed by atoms with Gasteiger partial charge in [-0.05, 0) is 18.1 Å². The zero-order valence-corrected chi connectivity index (χ0v) is 8.92. The van der Waals surface area contributed by atoms with Crippen LogP contribution < -0.4 is 4.98 Å². The van der Waals surface area contributed by atoms with E-state index in [1.807, 2.05) is 0 Å². The monoisotopic (exact) mass is 175 g/mol. The lowest BCUT2D eigenvalue weighted by molar-refractivity contribution is 1.10. The Kier molecular flexibility index (Phi) is 4.90. The third kappa shape index (κ3) is 2.38. The van der Waals surface area contributed by atoms with Crippen molar-refractivity contribution in [2.24, 2.45) is 0 Å². The number of nitrogens with one attached hydrogen (secondary N) is 1. The number of rotatable bonds is 5. The highest BCUT2D eigenvalue weighted by molar-refractivity contribution is 7.79. The summed E-state index contributed by atoms with van der Waals surface area (Å²) >= 11 is 4.80. The summed E-state index contributed by atoms with van der Waals surface area (Å²) in [7, 11) is -1.13. The van der Waals surface area contributed by atoms with E-state index < -0.39 is 8.24 Å². The van der Waals surface area contributed by atoms with Crippen molar-refractivity contribution in [3.63, 3.8) is 0 Å². The van der Waals surface area contributed by atoms with Crippen LogP contribution in [0, 0.1) is 0 Å². The van der Waals surface area contributed by atoms with Crippen LogP contribution in [0.15, 0.2) is 0 Å². The second-order valence-electron chi connectivity index (χ2n) is 2.60. The van der Waals surface area contributed by atoms with Crippen molar-refractivity contribution in [1.29, 1.82) is 0 Å². The molecule has 0 radical (unpaired) electrons. The fourth-order valence-electron chi connectivity index (χ4n) is 1.18. The van der Waals surface area contributed by atoms with Gasteiger partial charge in [0.05, 0.1) is 5.49 Å². The Balaban J connectivity index is 4.00. The predicted octanol–water partition coefficient (Wildman–Crippen LogP) is 2.54. The molecule has 0 bridgehead atoms. The highest BCUT2D eigenvalue weighted by atomic mass is 32.1. The number of thiocarbonyl (C=S) groups is 1. The third-order valence-electron chi connectivity index (χ3n) is 2.40. The van der Waals surface area contributed by atoms with Crippen LogP contribution in [0.1, 0.15) is 20.8 Å². The van der Waals surface area contributed by atoms with Gasteiger partial charge in [-0.15, -0.1) is 0 Å². The lowest BCUT2D eigenvalue weighted by Crippen LogP contribution is -2.47. The van der Waals surface area contributed by atoms with Crippen LogP contribution in [0.25, 0.3) is 0 Å². The summed E-state index contributed by atoms with van der Waals surface area (Å²) in [5.41, 5.74) is 1.70. The van der Waals surface area contributed by atoms with E-state index >= 15 is 0 Å². The van der Waals surface area contributed by atoms with Crippen LogP contribution >= 0.6 is 12.2 Å². The van der Waals surface area contributed by atoms with E-state index in [0.29, 0.717) is 0 Å². The Hall–Kier alpha value is 0.107. The quantitative estimate of drug-likeness (QED) is 0.509. The first-order valence-corrected chi connectivity index (χ1v) is 7.05. The van der Waals surface area contributed by atoms with E-state index in [-0.39, 0.29) is 0 Å². The lowest BCUT2D eigenvalue weighted by atomic mass is 10.9. The van der Waals surface area contributed by atoms with E-state index in [2.05, 4.69) is 25.8 Å². The molecule has 0 aliphatic heterocycles. The van der Waals surface area contributed by atoms with Gasteiger partial charge in [-0.25, -0.2) is 0 Å². The van der Waals surface area contributed by atoms with E-state index in [1.54, 1.807) is 5.49 Å². The molecule has 60 valence electrons. The van der Waals surface area contributed by atoms with Crippen LogP contribution in [0.4, 0.5) is 0 Å². The Labute approximate surface area is 70.3 Å². The summed E-state index contributed by atoms with van der Waals surface area (Å²) in [5, 5.41) is 0. The van der Waals surface area contributed by atoms with Crippen LogP contribution in [0.5, 0.6) is 0 Å². The van der Waals surface area contributed by atoms with E-state index in [1.165, 1.54) is 18.1 Å².